The minimum Gasteiger partial charge on any atom is -0.493 e. The van der Waals surface area contributed by atoms with Gasteiger partial charge in [0.1, 0.15) is 5.75 Å². The molecule has 1 saturated heterocycles. The number of pyridine rings is 1. The van der Waals surface area contributed by atoms with E-state index in [-0.39, 0.29) is 5.91 Å². The van der Waals surface area contributed by atoms with Gasteiger partial charge in [0.05, 0.1) is 12.2 Å². The molecule has 0 aliphatic carbocycles. The topological polar surface area (TPSA) is 42.4 Å². The molecule has 23 heavy (non-hydrogen) atoms. The molecule has 2 aromatic rings. The highest BCUT2D eigenvalue weighted by molar-refractivity contribution is 9.10. The number of benzene rings is 1. The van der Waals surface area contributed by atoms with Crippen molar-refractivity contribution in [2.75, 3.05) is 19.7 Å². The number of fused-ring (bicyclic) bond motifs is 1. The Bertz CT molecular complexity index is 762. The maximum absolute atomic E-state index is 12.6. The summed E-state index contributed by atoms with van der Waals surface area (Å²) >= 11 is 3.37. The average Bonchev–Trinajstić information content (AvgIpc) is 3.22. The van der Waals surface area contributed by atoms with Crippen LogP contribution in [0.2, 0.25) is 0 Å². The molecule has 0 bridgehead atoms. The summed E-state index contributed by atoms with van der Waals surface area (Å²) in [6, 6.07) is 8.29. The molecule has 0 unspecified atom stereocenters. The van der Waals surface area contributed by atoms with Gasteiger partial charge in [-0.05, 0) is 45.6 Å². The number of hydrogen-bond acceptors (Lipinski definition) is 3. The van der Waals surface area contributed by atoms with Crippen LogP contribution in [-0.4, -0.2) is 35.5 Å². The molecule has 2 aliphatic heterocycles. The van der Waals surface area contributed by atoms with Gasteiger partial charge in [0, 0.05) is 42.3 Å². The summed E-state index contributed by atoms with van der Waals surface area (Å²) < 4.78 is 6.40. The molecular weight excluding hydrogens is 356 g/mol. The highest BCUT2D eigenvalue weighted by atomic mass is 79.9. The fraction of sp³-hybridized carbons (Fsp3) is 0.333. The van der Waals surface area contributed by atoms with Crippen molar-refractivity contribution in [2.45, 2.75) is 18.8 Å². The van der Waals surface area contributed by atoms with Crippen LogP contribution in [0.5, 0.6) is 5.75 Å². The van der Waals surface area contributed by atoms with E-state index in [1.54, 1.807) is 12.4 Å². The second-order valence-corrected chi connectivity index (χ2v) is 7.01. The molecular formula is C18H17BrN2O2. The van der Waals surface area contributed by atoms with Gasteiger partial charge in [-0.15, -0.1) is 0 Å². The lowest BCUT2D eigenvalue weighted by atomic mass is 9.96. The van der Waals surface area contributed by atoms with E-state index in [0.717, 1.165) is 42.8 Å². The molecule has 1 fully saturated rings. The summed E-state index contributed by atoms with van der Waals surface area (Å²) in [5.41, 5.74) is 3.25. The maximum atomic E-state index is 12.6. The lowest BCUT2D eigenvalue weighted by Gasteiger charge is -2.17. The smallest absolute Gasteiger partial charge is 0.255 e. The summed E-state index contributed by atoms with van der Waals surface area (Å²) in [4.78, 5) is 18.6. The molecule has 3 heterocycles. The molecule has 0 radical (unpaired) electrons. The molecule has 2 aliphatic rings. The predicted octanol–water partition coefficient (Wildman–Crippen LogP) is 3.41. The Morgan fingerprint density at radius 1 is 1.30 bits per heavy atom. The monoisotopic (exact) mass is 372 g/mol. The van der Waals surface area contributed by atoms with E-state index < -0.39 is 0 Å². The minimum absolute atomic E-state index is 0.0609. The summed E-state index contributed by atoms with van der Waals surface area (Å²) in [5.74, 6) is 1.48. The Morgan fingerprint density at radius 3 is 3.09 bits per heavy atom. The van der Waals surface area contributed by atoms with Crippen molar-refractivity contribution in [2.24, 2.45) is 0 Å². The molecule has 1 aromatic carbocycles. The van der Waals surface area contributed by atoms with Crippen LogP contribution < -0.4 is 4.74 Å². The summed E-state index contributed by atoms with van der Waals surface area (Å²) in [7, 11) is 0. The average molecular weight is 373 g/mol. The van der Waals surface area contributed by atoms with Gasteiger partial charge in [-0.3, -0.25) is 9.78 Å². The van der Waals surface area contributed by atoms with E-state index in [9.17, 15) is 4.79 Å². The van der Waals surface area contributed by atoms with E-state index in [1.165, 1.54) is 11.1 Å². The van der Waals surface area contributed by atoms with Gasteiger partial charge in [0.25, 0.3) is 5.91 Å². The lowest BCUT2D eigenvalue weighted by Crippen LogP contribution is -2.28. The van der Waals surface area contributed by atoms with Crippen molar-refractivity contribution in [3.8, 4) is 5.75 Å². The fourth-order valence-corrected chi connectivity index (χ4v) is 3.75. The molecule has 5 heteroatoms. The third-order valence-electron chi connectivity index (χ3n) is 4.61. The maximum Gasteiger partial charge on any atom is 0.255 e. The Balaban J connectivity index is 1.50. The molecule has 1 atom stereocenters. The van der Waals surface area contributed by atoms with Crippen LogP contribution in [0.15, 0.2) is 41.1 Å². The van der Waals surface area contributed by atoms with Crippen molar-refractivity contribution in [1.29, 1.82) is 0 Å². The zero-order valence-electron chi connectivity index (χ0n) is 12.7. The zero-order valence-corrected chi connectivity index (χ0v) is 14.3. The summed E-state index contributed by atoms with van der Waals surface area (Å²) in [6.45, 7) is 2.35. The lowest BCUT2D eigenvalue weighted by molar-refractivity contribution is 0.0790. The van der Waals surface area contributed by atoms with E-state index in [2.05, 4.69) is 39.1 Å². The Morgan fingerprint density at radius 2 is 2.22 bits per heavy atom. The van der Waals surface area contributed by atoms with E-state index in [0.29, 0.717) is 11.5 Å². The molecule has 0 spiro atoms. The van der Waals surface area contributed by atoms with Crippen molar-refractivity contribution < 1.29 is 9.53 Å². The number of hydrogen-bond donors (Lipinski definition) is 0. The largest absolute Gasteiger partial charge is 0.493 e. The molecule has 4 rings (SSSR count). The van der Waals surface area contributed by atoms with Gasteiger partial charge in [-0.2, -0.15) is 0 Å². The fourth-order valence-electron chi connectivity index (χ4n) is 3.39. The van der Waals surface area contributed by atoms with Crippen LogP contribution in [0.1, 0.15) is 33.8 Å². The molecule has 1 aromatic heterocycles. The first-order valence-electron chi connectivity index (χ1n) is 7.86. The van der Waals surface area contributed by atoms with Gasteiger partial charge in [-0.1, -0.05) is 12.1 Å². The van der Waals surface area contributed by atoms with E-state index >= 15 is 0 Å². The number of nitrogens with zero attached hydrogens (tertiary/aromatic N) is 2. The SMILES string of the molecule is O=C(c1cncc(Br)c1)N1CC[C@@H](c2ccc3c(c2)CCO3)C1. The van der Waals surface area contributed by atoms with Crippen molar-refractivity contribution in [1.82, 2.24) is 9.88 Å². The molecule has 118 valence electrons. The Hall–Kier alpha value is -1.88. The minimum atomic E-state index is 0.0609. The first-order chi connectivity index (χ1) is 11.2. The summed E-state index contributed by atoms with van der Waals surface area (Å²) in [6.07, 6.45) is 5.32. The zero-order chi connectivity index (χ0) is 15.8. The Kier molecular flexibility index (Phi) is 3.81. The van der Waals surface area contributed by atoms with Gasteiger partial charge >= 0.3 is 0 Å². The highest BCUT2D eigenvalue weighted by Gasteiger charge is 2.29. The number of halogens is 1. The first-order valence-corrected chi connectivity index (χ1v) is 8.65. The summed E-state index contributed by atoms with van der Waals surface area (Å²) in [5, 5.41) is 0. The van der Waals surface area contributed by atoms with Gasteiger partial charge in [0.15, 0.2) is 0 Å². The van der Waals surface area contributed by atoms with Crippen LogP contribution in [0, 0.1) is 0 Å². The number of amides is 1. The normalized spacial score (nSPS) is 19.5. The molecule has 0 saturated carbocycles. The van der Waals surface area contributed by atoms with Crippen LogP contribution in [0.3, 0.4) is 0 Å². The number of carbonyl (C=O) groups is 1. The van der Waals surface area contributed by atoms with Crippen LogP contribution in [-0.2, 0) is 6.42 Å². The van der Waals surface area contributed by atoms with Gasteiger partial charge in [0.2, 0.25) is 0 Å². The second kappa shape index (κ2) is 5.96. The van der Waals surface area contributed by atoms with Crippen LogP contribution in [0.25, 0.3) is 0 Å². The van der Waals surface area contributed by atoms with Crippen molar-refractivity contribution >= 4 is 21.8 Å². The number of likely N-dealkylation sites (tertiary alicyclic amines) is 1. The van der Waals surface area contributed by atoms with E-state index in [1.807, 2.05) is 11.0 Å². The third kappa shape index (κ3) is 2.85. The molecule has 0 N–H and O–H groups in total. The Labute approximate surface area is 143 Å². The molecule has 1 amide bonds. The first kappa shape index (κ1) is 14.7. The number of aromatic nitrogens is 1. The third-order valence-corrected chi connectivity index (χ3v) is 5.05. The van der Waals surface area contributed by atoms with Crippen LogP contribution in [0.4, 0.5) is 0 Å². The highest BCUT2D eigenvalue weighted by Crippen LogP contribution is 2.33. The number of carbonyl (C=O) groups excluding carboxylic acids is 1. The predicted molar refractivity (Wildman–Crippen MR) is 90.8 cm³/mol. The van der Waals surface area contributed by atoms with E-state index in [4.69, 9.17) is 4.74 Å². The van der Waals surface area contributed by atoms with Gasteiger partial charge < -0.3 is 9.64 Å². The number of ether oxygens (including phenoxy) is 1. The van der Waals surface area contributed by atoms with Crippen molar-refractivity contribution in [3.63, 3.8) is 0 Å². The quantitative estimate of drug-likeness (QED) is 0.810. The second-order valence-electron chi connectivity index (χ2n) is 6.09. The van der Waals surface area contributed by atoms with Crippen molar-refractivity contribution in [3.05, 3.63) is 57.8 Å². The standard InChI is InChI=1S/C18H17BrN2O2/c19-16-8-15(9-20-10-16)18(22)21-5-3-14(11-21)12-1-2-17-13(7-12)4-6-23-17/h1-2,7-10,14H,3-6,11H2/t14-/m1/s1. The van der Waals surface area contributed by atoms with Crippen LogP contribution >= 0.6 is 15.9 Å². The number of rotatable bonds is 2. The molecule has 4 nitrogen and oxygen atoms in total. The van der Waals surface area contributed by atoms with Gasteiger partial charge in [-0.25, -0.2) is 0 Å².